The molecule has 1 aromatic rings. The summed E-state index contributed by atoms with van der Waals surface area (Å²) in [6, 6.07) is 0. The van der Waals surface area contributed by atoms with Crippen LogP contribution in [-0.4, -0.2) is 18.1 Å². The van der Waals surface area contributed by atoms with Crippen LogP contribution in [0.25, 0.3) is 0 Å². The van der Waals surface area contributed by atoms with Gasteiger partial charge in [0.25, 0.3) is 0 Å². The van der Waals surface area contributed by atoms with Gasteiger partial charge in [0.05, 0.1) is 12.0 Å². The van der Waals surface area contributed by atoms with Crippen LogP contribution in [0.15, 0.2) is 17.1 Å². The van der Waals surface area contributed by atoms with E-state index in [1.165, 1.54) is 0 Å². The first-order valence-corrected chi connectivity index (χ1v) is 7.11. The van der Waals surface area contributed by atoms with Crippen molar-refractivity contribution >= 4 is 19.2 Å². The zero-order chi connectivity index (χ0) is 11.1. The molecule has 0 saturated carbocycles. The van der Waals surface area contributed by atoms with Crippen molar-refractivity contribution in [2.45, 2.75) is 19.9 Å². The van der Waals surface area contributed by atoms with Gasteiger partial charge in [0.2, 0.25) is 5.51 Å². The lowest BCUT2D eigenvalue weighted by atomic mass is 10.5. The summed E-state index contributed by atoms with van der Waals surface area (Å²) >= 11 is 1.56. The summed E-state index contributed by atoms with van der Waals surface area (Å²) in [5, 5.41) is 1.92. The zero-order valence-electron chi connectivity index (χ0n) is 8.54. The van der Waals surface area contributed by atoms with Crippen molar-refractivity contribution in [3.8, 4) is 0 Å². The smallest absolute Gasteiger partial charge is 0.302 e. The molecule has 7 heteroatoms. The molecule has 1 N–H and O–H groups in total. The molecule has 15 heavy (non-hydrogen) atoms. The monoisotopic (exact) mass is 252 g/mol. The van der Waals surface area contributed by atoms with Crippen LogP contribution < -0.4 is 4.57 Å². The molecule has 1 unspecified atom stereocenters. The lowest BCUT2D eigenvalue weighted by Crippen LogP contribution is -2.32. The zero-order valence-corrected chi connectivity index (χ0v) is 10.2. The fraction of sp³-hybridized carbons (Fsp3) is 0.625. The van der Waals surface area contributed by atoms with Crippen molar-refractivity contribution in [1.29, 1.82) is 0 Å². The Bertz CT molecular complexity index is 316. The quantitative estimate of drug-likeness (QED) is 0.591. The summed E-state index contributed by atoms with van der Waals surface area (Å²) in [5.74, 6) is 0. The predicted octanol–water partition coefficient (Wildman–Crippen LogP) is 1.58. The summed E-state index contributed by atoms with van der Waals surface area (Å²) in [7, 11) is -3.84. The van der Waals surface area contributed by atoms with Gasteiger partial charge >= 0.3 is 7.82 Å². The Labute approximate surface area is 92.9 Å². The molecule has 86 valence electrons. The van der Waals surface area contributed by atoms with Gasteiger partial charge in [-0.1, -0.05) is 18.3 Å². The molecule has 0 aliphatic rings. The highest BCUT2D eigenvalue weighted by atomic mass is 32.1. The summed E-state index contributed by atoms with van der Waals surface area (Å²) in [6.07, 6.45) is 2.57. The van der Waals surface area contributed by atoms with Crippen molar-refractivity contribution in [2.75, 3.05) is 13.2 Å². The van der Waals surface area contributed by atoms with E-state index >= 15 is 0 Å². The largest absolute Gasteiger partial charge is 0.472 e. The number of aromatic nitrogens is 1. The van der Waals surface area contributed by atoms with Gasteiger partial charge in [-0.05, 0) is 6.42 Å². The molecular formula is C8H15NO4PS+. The van der Waals surface area contributed by atoms with E-state index in [0.717, 1.165) is 0 Å². The summed E-state index contributed by atoms with van der Waals surface area (Å²) < 4.78 is 22.5. The minimum absolute atomic E-state index is 0.166. The minimum Gasteiger partial charge on any atom is -0.302 e. The minimum atomic E-state index is -3.84. The number of rotatable bonds is 7. The lowest BCUT2D eigenvalue weighted by Gasteiger charge is -2.09. The normalized spacial score (nSPS) is 15.1. The Balaban J connectivity index is 2.21. The Morgan fingerprint density at radius 3 is 2.80 bits per heavy atom. The molecule has 0 saturated heterocycles. The van der Waals surface area contributed by atoms with Crippen LogP contribution in [0.5, 0.6) is 0 Å². The highest BCUT2D eigenvalue weighted by Crippen LogP contribution is 2.42. The van der Waals surface area contributed by atoms with E-state index in [0.29, 0.717) is 13.0 Å². The summed E-state index contributed by atoms with van der Waals surface area (Å²) in [4.78, 5) is 9.18. The molecule has 1 atom stereocenters. The molecule has 0 bridgehead atoms. The van der Waals surface area contributed by atoms with E-state index in [-0.39, 0.29) is 13.2 Å². The van der Waals surface area contributed by atoms with Crippen LogP contribution in [0.1, 0.15) is 13.3 Å². The molecule has 0 aromatic carbocycles. The Morgan fingerprint density at radius 2 is 2.20 bits per heavy atom. The van der Waals surface area contributed by atoms with Crippen molar-refractivity contribution in [2.24, 2.45) is 0 Å². The summed E-state index contributed by atoms with van der Waals surface area (Å²) in [5.41, 5.74) is 1.90. The third-order valence-corrected chi connectivity index (χ3v) is 3.28. The number of thiazole rings is 1. The number of phosphoric ester groups is 1. The van der Waals surface area contributed by atoms with Gasteiger partial charge in [-0.15, -0.1) is 0 Å². The molecule has 5 nitrogen and oxygen atoms in total. The molecule has 1 aromatic heterocycles. The van der Waals surface area contributed by atoms with Crippen LogP contribution >= 0.6 is 19.2 Å². The first kappa shape index (κ1) is 12.8. The molecule has 0 amide bonds. The van der Waals surface area contributed by atoms with Crippen LogP contribution in [0, 0.1) is 0 Å². The van der Waals surface area contributed by atoms with E-state index in [4.69, 9.17) is 4.52 Å². The second kappa shape index (κ2) is 6.35. The average molecular weight is 252 g/mol. The van der Waals surface area contributed by atoms with Gasteiger partial charge in [-0.2, -0.15) is 4.57 Å². The Hall–Kier alpha value is -0.260. The fourth-order valence-corrected chi connectivity index (χ4v) is 2.32. The van der Waals surface area contributed by atoms with Crippen LogP contribution in [0.4, 0.5) is 0 Å². The Kier molecular flexibility index (Phi) is 5.42. The second-order valence-corrected chi connectivity index (χ2v) is 5.11. The molecule has 0 radical (unpaired) electrons. The molecular weight excluding hydrogens is 237 g/mol. The molecule has 0 fully saturated rings. The highest BCUT2D eigenvalue weighted by Gasteiger charge is 2.20. The first-order valence-electron chi connectivity index (χ1n) is 4.67. The van der Waals surface area contributed by atoms with E-state index in [1.54, 1.807) is 11.3 Å². The van der Waals surface area contributed by atoms with Gasteiger partial charge in [-0.25, -0.2) is 4.57 Å². The van der Waals surface area contributed by atoms with Crippen LogP contribution in [-0.2, 0) is 20.2 Å². The van der Waals surface area contributed by atoms with Gasteiger partial charge in [-0.3, -0.25) is 9.05 Å². The van der Waals surface area contributed by atoms with E-state index in [2.05, 4.69) is 4.52 Å². The molecule has 1 rings (SSSR count). The van der Waals surface area contributed by atoms with Crippen molar-refractivity contribution in [1.82, 2.24) is 0 Å². The molecule has 0 aliphatic heterocycles. The maximum atomic E-state index is 11.2. The van der Waals surface area contributed by atoms with Gasteiger partial charge in [0.1, 0.15) is 6.61 Å². The lowest BCUT2D eigenvalue weighted by molar-refractivity contribution is -0.693. The maximum Gasteiger partial charge on any atom is 0.472 e. The average Bonchev–Trinajstić information content (AvgIpc) is 2.67. The standard InChI is InChI=1S/C8H14NO4PS/c1-2-5-12-14(10,11)13-6-3-9-4-7-15-8-9/h4,7-8H,2-3,5-6H2,1H3/p+1. The van der Waals surface area contributed by atoms with E-state index in [1.807, 2.05) is 28.6 Å². The number of hydrogen-bond acceptors (Lipinski definition) is 4. The fourth-order valence-electron chi connectivity index (χ4n) is 0.894. The molecule has 0 spiro atoms. The third kappa shape index (κ3) is 5.39. The molecule has 1 heterocycles. The highest BCUT2D eigenvalue weighted by molar-refractivity contribution is 7.47. The van der Waals surface area contributed by atoms with Crippen LogP contribution in [0.3, 0.4) is 0 Å². The predicted molar refractivity (Wildman–Crippen MR) is 56.5 cm³/mol. The van der Waals surface area contributed by atoms with Crippen LogP contribution in [0.2, 0.25) is 0 Å². The Morgan fingerprint density at radius 1 is 1.47 bits per heavy atom. The van der Waals surface area contributed by atoms with Crippen molar-refractivity contribution < 1.29 is 23.1 Å². The van der Waals surface area contributed by atoms with Gasteiger partial charge in [0, 0.05) is 0 Å². The van der Waals surface area contributed by atoms with E-state index < -0.39 is 7.82 Å². The topological polar surface area (TPSA) is 59.6 Å². The van der Waals surface area contributed by atoms with Gasteiger partial charge in [0.15, 0.2) is 12.7 Å². The SMILES string of the molecule is CCCOP(=O)(O)OCC[n+]1ccsc1. The van der Waals surface area contributed by atoms with Crippen molar-refractivity contribution in [3.63, 3.8) is 0 Å². The number of nitrogens with zero attached hydrogens (tertiary/aromatic N) is 1. The van der Waals surface area contributed by atoms with Gasteiger partial charge < -0.3 is 4.89 Å². The molecule has 0 aliphatic carbocycles. The maximum absolute atomic E-state index is 11.2. The second-order valence-electron chi connectivity index (χ2n) is 2.90. The first-order chi connectivity index (χ1) is 7.14. The summed E-state index contributed by atoms with van der Waals surface area (Å²) in [6.45, 7) is 2.81. The van der Waals surface area contributed by atoms with Crippen molar-refractivity contribution in [3.05, 3.63) is 17.1 Å². The third-order valence-electron chi connectivity index (χ3n) is 1.59. The number of hydrogen-bond donors (Lipinski definition) is 1. The van der Waals surface area contributed by atoms with E-state index in [9.17, 15) is 9.46 Å². The number of phosphoric acid groups is 1.